The summed E-state index contributed by atoms with van der Waals surface area (Å²) in [6.45, 7) is 9.56. The fraction of sp³-hybridized carbons (Fsp3) is 0.478. The number of carbonyl (C=O) groups excluding carboxylic acids is 1. The second kappa shape index (κ2) is 11.0. The van der Waals surface area contributed by atoms with Crippen molar-refractivity contribution in [3.8, 4) is 0 Å². The standard InChI is InChI=1S/C23H30N6OS2/c1-3-10-29(11-4-2)23-26-21-20(32-23)22(25-17-24-21)31-16-19(30)28-14-12-27(13-15-28)18-8-6-5-7-9-18/h5-9,17H,3-4,10-16H2,1-2H3. The van der Waals surface area contributed by atoms with Crippen LogP contribution in [0, 0.1) is 0 Å². The Morgan fingerprint density at radius 1 is 1.06 bits per heavy atom. The van der Waals surface area contributed by atoms with E-state index in [0.717, 1.165) is 72.6 Å². The van der Waals surface area contributed by atoms with Gasteiger partial charge in [-0.05, 0) is 25.0 Å². The van der Waals surface area contributed by atoms with E-state index in [2.05, 4.69) is 57.9 Å². The van der Waals surface area contributed by atoms with E-state index in [0.29, 0.717) is 5.75 Å². The number of hydrogen-bond donors (Lipinski definition) is 0. The first-order valence-electron chi connectivity index (χ1n) is 11.3. The van der Waals surface area contributed by atoms with Crippen LogP contribution in [0.2, 0.25) is 0 Å². The summed E-state index contributed by atoms with van der Waals surface area (Å²) in [6, 6.07) is 10.4. The van der Waals surface area contributed by atoms with Crippen LogP contribution < -0.4 is 9.80 Å². The molecule has 4 rings (SSSR count). The number of rotatable bonds is 9. The Labute approximate surface area is 197 Å². The Bertz CT molecular complexity index is 1010. The molecule has 32 heavy (non-hydrogen) atoms. The van der Waals surface area contributed by atoms with Crippen LogP contribution in [0.3, 0.4) is 0 Å². The van der Waals surface area contributed by atoms with Crippen molar-refractivity contribution in [2.24, 2.45) is 0 Å². The summed E-state index contributed by atoms with van der Waals surface area (Å²) < 4.78 is 0.978. The van der Waals surface area contributed by atoms with Crippen molar-refractivity contribution < 1.29 is 4.79 Å². The molecule has 3 heterocycles. The van der Waals surface area contributed by atoms with Crippen LogP contribution in [-0.2, 0) is 4.79 Å². The van der Waals surface area contributed by atoms with Gasteiger partial charge < -0.3 is 14.7 Å². The molecule has 0 saturated carbocycles. The SMILES string of the molecule is CCCN(CCC)c1nc2ncnc(SCC(=O)N3CCN(c4ccccc4)CC3)c2s1. The molecular weight excluding hydrogens is 440 g/mol. The number of benzene rings is 1. The molecule has 0 spiro atoms. The van der Waals surface area contributed by atoms with Gasteiger partial charge in [-0.1, -0.05) is 55.1 Å². The summed E-state index contributed by atoms with van der Waals surface area (Å²) in [5.74, 6) is 0.552. The average molecular weight is 471 g/mol. The van der Waals surface area contributed by atoms with Crippen LogP contribution in [0.1, 0.15) is 26.7 Å². The molecule has 9 heteroatoms. The molecule has 7 nitrogen and oxygen atoms in total. The van der Waals surface area contributed by atoms with Gasteiger partial charge in [0.05, 0.1) is 5.75 Å². The van der Waals surface area contributed by atoms with Gasteiger partial charge in [-0.15, -0.1) is 0 Å². The maximum absolute atomic E-state index is 12.9. The van der Waals surface area contributed by atoms with Gasteiger partial charge in [-0.25, -0.2) is 9.97 Å². The molecule has 1 aliphatic rings. The summed E-state index contributed by atoms with van der Waals surface area (Å²) in [4.78, 5) is 33.1. The normalized spacial score (nSPS) is 14.2. The van der Waals surface area contributed by atoms with Crippen LogP contribution >= 0.6 is 23.1 Å². The lowest BCUT2D eigenvalue weighted by atomic mass is 10.2. The molecule has 2 aromatic heterocycles. The molecule has 0 radical (unpaired) electrons. The van der Waals surface area contributed by atoms with Crippen molar-refractivity contribution in [1.29, 1.82) is 0 Å². The molecule has 1 aromatic carbocycles. The van der Waals surface area contributed by atoms with Crippen LogP contribution in [0.25, 0.3) is 10.3 Å². The van der Waals surface area contributed by atoms with Crippen LogP contribution in [0.4, 0.5) is 10.8 Å². The minimum Gasteiger partial charge on any atom is -0.368 e. The monoisotopic (exact) mass is 470 g/mol. The van der Waals surface area contributed by atoms with E-state index >= 15 is 0 Å². The number of amides is 1. The van der Waals surface area contributed by atoms with Crippen LogP contribution in [0.15, 0.2) is 41.7 Å². The Morgan fingerprint density at radius 2 is 1.78 bits per heavy atom. The first-order chi connectivity index (χ1) is 15.7. The molecule has 170 valence electrons. The summed E-state index contributed by atoms with van der Waals surface area (Å²) in [7, 11) is 0. The van der Waals surface area contributed by atoms with E-state index in [4.69, 9.17) is 4.98 Å². The van der Waals surface area contributed by atoms with Gasteiger partial charge in [-0.2, -0.15) is 4.98 Å². The Kier molecular flexibility index (Phi) is 7.81. The summed E-state index contributed by atoms with van der Waals surface area (Å²) in [6.07, 6.45) is 3.71. The van der Waals surface area contributed by atoms with Gasteiger partial charge in [0.25, 0.3) is 0 Å². The molecule has 0 unspecified atom stereocenters. The molecule has 0 aliphatic carbocycles. The molecule has 3 aromatic rings. The first-order valence-corrected chi connectivity index (χ1v) is 13.1. The van der Waals surface area contributed by atoms with E-state index in [9.17, 15) is 4.79 Å². The third-order valence-electron chi connectivity index (χ3n) is 5.49. The third kappa shape index (κ3) is 5.32. The van der Waals surface area contributed by atoms with Crippen molar-refractivity contribution >= 4 is 50.2 Å². The number of thiazole rings is 1. The zero-order chi connectivity index (χ0) is 22.3. The van der Waals surface area contributed by atoms with E-state index in [-0.39, 0.29) is 5.91 Å². The van der Waals surface area contributed by atoms with Crippen molar-refractivity contribution in [3.63, 3.8) is 0 Å². The molecule has 0 N–H and O–H groups in total. The first kappa shape index (κ1) is 22.8. The predicted molar refractivity (Wildman–Crippen MR) is 134 cm³/mol. The second-order valence-corrected chi connectivity index (χ2v) is 9.75. The lowest BCUT2D eigenvalue weighted by Gasteiger charge is -2.36. The van der Waals surface area contributed by atoms with Gasteiger partial charge in [-0.3, -0.25) is 4.79 Å². The summed E-state index contributed by atoms with van der Waals surface area (Å²) in [5.41, 5.74) is 1.95. The number of aromatic nitrogens is 3. The van der Waals surface area contributed by atoms with Gasteiger partial charge in [0.2, 0.25) is 5.91 Å². The Morgan fingerprint density at radius 3 is 2.47 bits per heavy atom. The number of anilines is 2. The van der Waals surface area contributed by atoms with Crippen molar-refractivity contribution in [1.82, 2.24) is 19.9 Å². The molecule has 1 fully saturated rings. The molecule has 1 aliphatic heterocycles. The largest absolute Gasteiger partial charge is 0.368 e. The predicted octanol–water partition coefficient (Wildman–Crippen LogP) is 4.15. The minimum absolute atomic E-state index is 0.165. The lowest BCUT2D eigenvalue weighted by molar-refractivity contribution is -0.128. The van der Waals surface area contributed by atoms with Gasteiger partial charge in [0.15, 0.2) is 10.8 Å². The van der Waals surface area contributed by atoms with Crippen molar-refractivity contribution in [3.05, 3.63) is 36.7 Å². The maximum Gasteiger partial charge on any atom is 0.233 e. The van der Waals surface area contributed by atoms with Crippen molar-refractivity contribution in [2.75, 3.05) is 54.8 Å². The average Bonchev–Trinajstić information content (AvgIpc) is 3.28. The van der Waals surface area contributed by atoms with Crippen molar-refractivity contribution in [2.45, 2.75) is 31.7 Å². The van der Waals surface area contributed by atoms with E-state index in [1.807, 2.05) is 11.0 Å². The zero-order valence-electron chi connectivity index (χ0n) is 18.7. The number of fused-ring (bicyclic) bond motifs is 1. The zero-order valence-corrected chi connectivity index (χ0v) is 20.4. The molecule has 0 bridgehead atoms. The van der Waals surface area contributed by atoms with Gasteiger partial charge >= 0.3 is 0 Å². The Balaban J connectivity index is 1.37. The maximum atomic E-state index is 12.9. The highest BCUT2D eigenvalue weighted by Gasteiger charge is 2.22. The number of piperazine rings is 1. The van der Waals surface area contributed by atoms with Gasteiger partial charge in [0, 0.05) is 45.0 Å². The highest BCUT2D eigenvalue weighted by molar-refractivity contribution is 8.00. The number of carbonyl (C=O) groups is 1. The summed E-state index contributed by atoms with van der Waals surface area (Å²) in [5, 5.41) is 1.84. The topological polar surface area (TPSA) is 65.5 Å². The highest BCUT2D eigenvalue weighted by atomic mass is 32.2. The number of nitrogens with zero attached hydrogens (tertiary/aromatic N) is 6. The van der Waals surface area contributed by atoms with Crippen LogP contribution in [-0.4, -0.2) is 70.8 Å². The fourth-order valence-corrected chi connectivity index (χ4v) is 5.92. The van der Waals surface area contributed by atoms with E-state index < -0.39 is 0 Å². The molecule has 1 saturated heterocycles. The van der Waals surface area contributed by atoms with E-state index in [1.165, 1.54) is 17.4 Å². The smallest absolute Gasteiger partial charge is 0.233 e. The lowest BCUT2D eigenvalue weighted by Crippen LogP contribution is -2.49. The second-order valence-electron chi connectivity index (χ2n) is 7.81. The number of hydrogen-bond acceptors (Lipinski definition) is 8. The molecule has 0 atom stereocenters. The minimum atomic E-state index is 0.165. The van der Waals surface area contributed by atoms with Gasteiger partial charge in [0.1, 0.15) is 16.1 Å². The quantitative estimate of drug-likeness (QED) is 0.344. The summed E-state index contributed by atoms with van der Waals surface area (Å²) >= 11 is 3.13. The van der Waals surface area contributed by atoms with Crippen LogP contribution in [0.5, 0.6) is 0 Å². The number of thioether (sulfide) groups is 1. The molecular formula is C23H30N6OS2. The Hall–Kier alpha value is -2.39. The fourth-order valence-electron chi connectivity index (χ4n) is 3.88. The number of para-hydroxylation sites is 1. The third-order valence-corrected chi connectivity index (χ3v) is 7.71. The molecule has 1 amide bonds. The highest BCUT2D eigenvalue weighted by Crippen LogP contribution is 2.34. The van der Waals surface area contributed by atoms with E-state index in [1.54, 1.807) is 17.7 Å².